The first-order valence-electron chi connectivity index (χ1n) is 10.3. The molecule has 3 aromatic carbocycles. The van der Waals surface area contributed by atoms with Crippen molar-refractivity contribution in [2.75, 3.05) is 0 Å². The summed E-state index contributed by atoms with van der Waals surface area (Å²) in [5, 5.41) is 0.562. The van der Waals surface area contributed by atoms with Gasteiger partial charge in [-0.3, -0.25) is 0 Å². The van der Waals surface area contributed by atoms with Crippen LogP contribution in [0.5, 0.6) is 5.75 Å². The van der Waals surface area contributed by atoms with Crippen LogP contribution in [-0.2, 0) is 10.1 Å². The van der Waals surface area contributed by atoms with E-state index in [-0.39, 0.29) is 17.6 Å². The monoisotopic (exact) mass is 474 g/mol. The molecule has 3 aliphatic carbocycles. The van der Waals surface area contributed by atoms with E-state index in [4.69, 9.17) is 4.18 Å². The lowest BCUT2D eigenvalue weighted by Gasteiger charge is -2.43. The fourth-order valence-electron chi connectivity index (χ4n) is 5.01. The smallest absolute Gasteiger partial charge is 0.376 e. The van der Waals surface area contributed by atoms with Crippen molar-refractivity contribution in [2.45, 2.75) is 37.0 Å². The number of hydrogen-bond donors (Lipinski definition) is 0. The highest BCUT2D eigenvalue weighted by atomic mass is 32.2. The van der Waals surface area contributed by atoms with Gasteiger partial charge in [0.15, 0.2) is 0 Å². The maximum atomic E-state index is 13.1. The Morgan fingerprint density at radius 3 is 1.53 bits per heavy atom. The van der Waals surface area contributed by atoms with Crippen molar-refractivity contribution in [1.82, 2.24) is 0 Å². The molecular formula is C24H21F3O3SSi. The van der Waals surface area contributed by atoms with Crippen LogP contribution in [0.25, 0.3) is 0 Å². The maximum absolute atomic E-state index is 13.1. The van der Waals surface area contributed by atoms with E-state index in [0.29, 0.717) is 5.19 Å². The van der Waals surface area contributed by atoms with Crippen LogP contribution in [0.2, 0.25) is 19.6 Å². The third kappa shape index (κ3) is 3.03. The van der Waals surface area contributed by atoms with E-state index in [9.17, 15) is 21.6 Å². The van der Waals surface area contributed by atoms with Gasteiger partial charge in [-0.2, -0.15) is 21.6 Å². The molecule has 0 unspecified atom stereocenters. The third-order valence-electron chi connectivity index (χ3n) is 6.33. The summed E-state index contributed by atoms with van der Waals surface area (Å²) in [5.41, 5.74) is 0.882. The van der Waals surface area contributed by atoms with Gasteiger partial charge in [-0.25, -0.2) is 0 Å². The lowest BCUT2D eigenvalue weighted by Crippen LogP contribution is -2.42. The Hall–Kier alpha value is -2.58. The predicted octanol–water partition coefficient (Wildman–Crippen LogP) is 5.45. The summed E-state index contributed by atoms with van der Waals surface area (Å²) in [4.78, 5) is 0. The summed E-state index contributed by atoms with van der Waals surface area (Å²) in [5.74, 6) is -0.442. The molecule has 0 amide bonds. The van der Waals surface area contributed by atoms with E-state index in [1.54, 1.807) is 0 Å². The quantitative estimate of drug-likeness (QED) is 0.199. The highest BCUT2D eigenvalue weighted by Gasteiger charge is 2.50. The maximum Gasteiger partial charge on any atom is 0.534 e. The minimum Gasteiger partial charge on any atom is -0.376 e. The molecule has 0 atom stereocenters. The molecule has 0 radical (unpaired) electrons. The Balaban J connectivity index is 1.78. The standard InChI is InChI=1S/C24H21F3O3SSi/c1-32(2,3)21-13-19-18(12-20(21)30-31(28,29)24(25,26)27)22-14-8-4-6-10-16(14)23(19)17-11-7-5-9-15(17)22/h4-13,22-23H,1-3H3. The highest BCUT2D eigenvalue weighted by Crippen LogP contribution is 2.56. The average molecular weight is 475 g/mol. The van der Waals surface area contributed by atoms with Crippen LogP contribution >= 0.6 is 0 Å². The summed E-state index contributed by atoms with van der Waals surface area (Å²) in [6.45, 7) is 5.89. The zero-order chi connectivity index (χ0) is 23.1. The molecule has 0 saturated heterocycles. The lowest BCUT2D eigenvalue weighted by molar-refractivity contribution is -0.0499. The molecule has 166 valence electrons. The molecule has 3 aromatic rings. The second kappa shape index (κ2) is 6.71. The van der Waals surface area contributed by atoms with Gasteiger partial charge in [0.05, 0.1) is 8.07 Å². The fraction of sp³-hybridized carbons (Fsp3) is 0.250. The van der Waals surface area contributed by atoms with Gasteiger partial charge in [0, 0.05) is 11.8 Å². The molecule has 3 aliphatic rings. The van der Waals surface area contributed by atoms with Crippen LogP contribution in [0, 0.1) is 0 Å². The molecule has 6 rings (SSSR count). The molecule has 0 saturated carbocycles. The Morgan fingerprint density at radius 2 is 1.16 bits per heavy atom. The topological polar surface area (TPSA) is 43.4 Å². The lowest BCUT2D eigenvalue weighted by atomic mass is 9.61. The number of benzene rings is 3. The first-order valence-corrected chi connectivity index (χ1v) is 15.2. The Bertz CT molecular complexity index is 1310. The van der Waals surface area contributed by atoms with Crippen LogP contribution in [-0.4, -0.2) is 22.0 Å². The summed E-state index contributed by atoms with van der Waals surface area (Å²) < 4.78 is 67.9. The molecule has 0 heterocycles. The van der Waals surface area contributed by atoms with Gasteiger partial charge < -0.3 is 4.18 Å². The van der Waals surface area contributed by atoms with Crippen molar-refractivity contribution in [3.63, 3.8) is 0 Å². The first kappa shape index (κ1) is 21.3. The number of hydrogen-bond acceptors (Lipinski definition) is 3. The van der Waals surface area contributed by atoms with E-state index in [0.717, 1.165) is 22.3 Å². The largest absolute Gasteiger partial charge is 0.534 e. The van der Waals surface area contributed by atoms with Gasteiger partial charge in [-0.15, -0.1) is 0 Å². The fourth-order valence-corrected chi connectivity index (χ4v) is 7.00. The highest BCUT2D eigenvalue weighted by molar-refractivity contribution is 7.88. The molecule has 32 heavy (non-hydrogen) atoms. The van der Waals surface area contributed by atoms with E-state index in [2.05, 4.69) is 12.1 Å². The normalized spacial score (nSPS) is 19.2. The van der Waals surface area contributed by atoms with Crippen molar-refractivity contribution in [3.8, 4) is 5.75 Å². The summed E-state index contributed by atoms with van der Waals surface area (Å²) in [6, 6.07) is 19.6. The van der Waals surface area contributed by atoms with E-state index < -0.39 is 23.7 Å². The number of halogens is 3. The van der Waals surface area contributed by atoms with Gasteiger partial charge in [-0.1, -0.05) is 74.2 Å². The molecule has 0 spiro atoms. The number of rotatable bonds is 3. The van der Waals surface area contributed by atoms with Crippen molar-refractivity contribution in [3.05, 3.63) is 94.0 Å². The van der Waals surface area contributed by atoms with Crippen LogP contribution in [0.3, 0.4) is 0 Å². The molecule has 0 aromatic heterocycles. The molecule has 8 heteroatoms. The van der Waals surface area contributed by atoms with Crippen LogP contribution < -0.4 is 9.37 Å². The van der Waals surface area contributed by atoms with Crippen LogP contribution in [0.1, 0.15) is 45.2 Å². The zero-order valence-electron chi connectivity index (χ0n) is 17.7. The SMILES string of the molecule is C[Si](C)(C)c1cc2c(cc1OS(=O)(=O)C(F)(F)F)C1c3ccccc3C2c2ccccc21. The second-order valence-electron chi connectivity index (χ2n) is 9.33. The molecular weight excluding hydrogens is 453 g/mol. The Labute approximate surface area is 186 Å². The molecule has 0 N–H and O–H groups in total. The van der Waals surface area contributed by atoms with Crippen molar-refractivity contribution < 1.29 is 25.8 Å². The van der Waals surface area contributed by atoms with Gasteiger partial charge >= 0.3 is 15.6 Å². The van der Waals surface area contributed by atoms with Crippen molar-refractivity contribution in [2.24, 2.45) is 0 Å². The molecule has 2 bridgehead atoms. The van der Waals surface area contributed by atoms with E-state index in [1.165, 1.54) is 17.2 Å². The average Bonchev–Trinajstić information content (AvgIpc) is 2.71. The minimum atomic E-state index is -5.77. The number of alkyl halides is 3. The summed E-state index contributed by atoms with van der Waals surface area (Å²) in [6.07, 6.45) is 0. The predicted molar refractivity (Wildman–Crippen MR) is 120 cm³/mol. The zero-order valence-corrected chi connectivity index (χ0v) is 19.5. The van der Waals surface area contributed by atoms with Gasteiger partial charge in [0.2, 0.25) is 0 Å². The first-order chi connectivity index (χ1) is 14.9. The van der Waals surface area contributed by atoms with Crippen LogP contribution in [0.15, 0.2) is 60.7 Å². The second-order valence-corrected chi connectivity index (χ2v) is 15.9. The van der Waals surface area contributed by atoms with Crippen molar-refractivity contribution >= 4 is 23.4 Å². The molecule has 0 aliphatic heterocycles. The van der Waals surface area contributed by atoms with Crippen LogP contribution in [0.4, 0.5) is 13.2 Å². The van der Waals surface area contributed by atoms with E-state index in [1.807, 2.05) is 62.1 Å². The molecule has 3 nitrogen and oxygen atoms in total. The van der Waals surface area contributed by atoms with Gasteiger partial charge in [0.25, 0.3) is 0 Å². The van der Waals surface area contributed by atoms with E-state index >= 15 is 0 Å². The molecule has 0 fully saturated rings. The van der Waals surface area contributed by atoms with Gasteiger partial charge in [0.1, 0.15) is 5.75 Å². The summed E-state index contributed by atoms with van der Waals surface area (Å²) in [7, 11) is -8.04. The van der Waals surface area contributed by atoms with Gasteiger partial charge in [-0.05, 0) is 44.6 Å². The Morgan fingerprint density at radius 1 is 0.750 bits per heavy atom. The minimum absolute atomic E-state index is 0.0502. The van der Waals surface area contributed by atoms with Crippen molar-refractivity contribution in [1.29, 1.82) is 0 Å². The summed E-state index contributed by atoms with van der Waals surface area (Å²) >= 11 is 0. The Kier molecular flexibility index (Phi) is 4.46. The third-order valence-corrected chi connectivity index (χ3v) is 9.31.